The highest BCUT2D eigenvalue weighted by atomic mass is 16.2. The molecule has 0 unspecified atom stereocenters. The van der Waals surface area contributed by atoms with Crippen LogP contribution in [0.25, 0.3) is 0 Å². The minimum absolute atomic E-state index is 0.308. The van der Waals surface area contributed by atoms with Gasteiger partial charge in [-0.1, -0.05) is 31.2 Å². The van der Waals surface area contributed by atoms with Crippen molar-refractivity contribution in [2.24, 2.45) is 0 Å². The lowest BCUT2D eigenvalue weighted by Crippen LogP contribution is -2.47. The molecule has 1 aromatic carbocycles. The monoisotopic (exact) mass is 277 g/mol. The molecule has 20 heavy (non-hydrogen) atoms. The number of nitrogens with one attached hydrogen (secondary N) is 2. The number of imide groups is 1. The Morgan fingerprint density at radius 2 is 1.75 bits per heavy atom. The van der Waals surface area contributed by atoms with Crippen LogP contribution in [-0.2, 0) is 17.8 Å². The zero-order valence-corrected chi connectivity index (χ0v) is 12.6. The summed E-state index contributed by atoms with van der Waals surface area (Å²) < 4.78 is 0. The summed E-state index contributed by atoms with van der Waals surface area (Å²) in [4.78, 5) is 24.8. The number of hydrogen-bond acceptors (Lipinski definition) is 3. The van der Waals surface area contributed by atoms with E-state index in [1.165, 1.54) is 12.6 Å². The number of amides is 3. The summed E-state index contributed by atoms with van der Waals surface area (Å²) in [7, 11) is 3.34. The second-order valence-electron chi connectivity index (χ2n) is 4.83. The summed E-state index contributed by atoms with van der Waals surface area (Å²) in [6.45, 7) is 4.55. The number of urea groups is 1. The summed E-state index contributed by atoms with van der Waals surface area (Å²) in [6.07, 6.45) is 1.01. The molecule has 5 heteroatoms. The molecular weight excluding hydrogens is 254 g/mol. The first-order chi connectivity index (χ1) is 9.47. The highest BCUT2D eigenvalue weighted by Crippen LogP contribution is 2.09. The van der Waals surface area contributed by atoms with E-state index in [9.17, 15) is 9.59 Å². The maximum atomic E-state index is 11.8. The smallest absolute Gasteiger partial charge is 0.321 e. The molecule has 5 nitrogen and oxygen atoms in total. The maximum Gasteiger partial charge on any atom is 0.321 e. The van der Waals surface area contributed by atoms with Crippen LogP contribution < -0.4 is 10.6 Å². The minimum atomic E-state index is -0.484. The fourth-order valence-electron chi connectivity index (χ4n) is 1.78. The van der Waals surface area contributed by atoms with Gasteiger partial charge in [-0.25, -0.2) is 4.79 Å². The van der Waals surface area contributed by atoms with E-state index in [2.05, 4.69) is 41.8 Å². The number of carbonyl (C=O) groups excluding carboxylic acids is 2. The van der Waals surface area contributed by atoms with Crippen molar-refractivity contribution in [3.63, 3.8) is 0 Å². The molecule has 0 saturated carbocycles. The molecule has 0 fully saturated rings. The van der Waals surface area contributed by atoms with Gasteiger partial charge in [0, 0.05) is 13.6 Å². The number of carbonyl (C=O) groups is 2. The van der Waals surface area contributed by atoms with E-state index >= 15 is 0 Å². The Labute approximate surface area is 120 Å². The zero-order chi connectivity index (χ0) is 15.1. The lowest BCUT2D eigenvalue weighted by molar-refractivity contribution is -0.124. The lowest BCUT2D eigenvalue weighted by atomic mass is 10.1. The van der Waals surface area contributed by atoms with E-state index in [4.69, 9.17) is 0 Å². The first-order valence-electron chi connectivity index (χ1n) is 6.78. The van der Waals surface area contributed by atoms with E-state index < -0.39 is 6.03 Å². The molecule has 3 amide bonds. The standard InChI is InChI=1S/C15H23N3O2/c1-5-12-6-8-13(9-7-12)10-18(4)11(2)14(19)17-15(20)16-3/h6-9,11H,5,10H2,1-4H3,(H2,16,17,19,20)/t11-/m0/s1. The molecule has 1 rings (SSSR count). The quantitative estimate of drug-likeness (QED) is 0.858. The van der Waals surface area contributed by atoms with Gasteiger partial charge in [0.25, 0.3) is 0 Å². The van der Waals surface area contributed by atoms with Crippen molar-refractivity contribution in [1.29, 1.82) is 0 Å². The van der Waals surface area contributed by atoms with Gasteiger partial charge in [0.1, 0.15) is 0 Å². The van der Waals surface area contributed by atoms with Gasteiger partial charge < -0.3 is 5.32 Å². The molecular formula is C15H23N3O2. The van der Waals surface area contributed by atoms with E-state index in [0.29, 0.717) is 6.54 Å². The van der Waals surface area contributed by atoms with Gasteiger partial charge in [-0.2, -0.15) is 0 Å². The van der Waals surface area contributed by atoms with Crippen molar-refractivity contribution >= 4 is 11.9 Å². The first-order valence-corrected chi connectivity index (χ1v) is 6.78. The van der Waals surface area contributed by atoms with Crippen LogP contribution in [0.4, 0.5) is 4.79 Å². The predicted octanol–water partition coefficient (Wildman–Crippen LogP) is 1.52. The predicted molar refractivity (Wildman–Crippen MR) is 79.3 cm³/mol. The molecule has 0 heterocycles. The molecule has 0 aromatic heterocycles. The van der Waals surface area contributed by atoms with Crippen molar-refractivity contribution in [3.05, 3.63) is 35.4 Å². The van der Waals surface area contributed by atoms with Crippen molar-refractivity contribution in [3.8, 4) is 0 Å². The van der Waals surface area contributed by atoms with Crippen LogP contribution in [0.5, 0.6) is 0 Å². The van der Waals surface area contributed by atoms with Gasteiger partial charge in [-0.05, 0) is 31.5 Å². The highest BCUT2D eigenvalue weighted by Gasteiger charge is 2.19. The van der Waals surface area contributed by atoms with Crippen molar-refractivity contribution in [1.82, 2.24) is 15.5 Å². The molecule has 1 atom stereocenters. The van der Waals surface area contributed by atoms with Gasteiger partial charge in [-0.15, -0.1) is 0 Å². The molecule has 0 aliphatic carbocycles. The Bertz CT molecular complexity index is 457. The largest absolute Gasteiger partial charge is 0.341 e. The van der Waals surface area contributed by atoms with Crippen molar-refractivity contribution in [2.45, 2.75) is 32.9 Å². The van der Waals surface area contributed by atoms with Crippen LogP contribution in [0.1, 0.15) is 25.0 Å². The second kappa shape index (κ2) is 7.65. The van der Waals surface area contributed by atoms with Gasteiger partial charge in [0.15, 0.2) is 0 Å². The SMILES string of the molecule is CCc1ccc(CN(C)[C@@H](C)C(=O)NC(=O)NC)cc1. The Morgan fingerprint density at radius 1 is 1.20 bits per heavy atom. The Hall–Kier alpha value is -1.88. The number of rotatable bonds is 5. The summed E-state index contributed by atoms with van der Waals surface area (Å²) in [5.74, 6) is -0.308. The van der Waals surface area contributed by atoms with Gasteiger partial charge >= 0.3 is 6.03 Å². The summed E-state index contributed by atoms with van der Waals surface area (Å²) in [5, 5.41) is 4.65. The maximum absolute atomic E-state index is 11.8. The number of benzene rings is 1. The molecule has 0 bridgehead atoms. The van der Waals surface area contributed by atoms with E-state index in [-0.39, 0.29) is 11.9 Å². The molecule has 0 aliphatic rings. The molecule has 2 N–H and O–H groups in total. The van der Waals surface area contributed by atoms with Crippen molar-refractivity contribution in [2.75, 3.05) is 14.1 Å². The molecule has 0 spiro atoms. The van der Waals surface area contributed by atoms with Crippen LogP contribution in [-0.4, -0.2) is 37.0 Å². The molecule has 0 saturated heterocycles. The Morgan fingerprint density at radius 3 is 2.25 bits per heavy atom. The van der Waals surface area contributed by atoms with Gasteiger partial charge in [-0.3, -0.25) is 15.0 Å². The molecule has 110 valence electrons. The van der Waals surface area contributed by atoms with Crippen LogP contribution >= 0.6 is 0 Å². The molecule has 0 aliphatic heterocycles. The second-order valence-corrected chi connectivity index (χ2v) is 4.83. The van der Waals surface area contributed by atoms with E-state index in [0.717, 1.165) is 12.0 Å². The normalized spacial score (nSPS) is 12.1. The van der Waals surface area contributed by atoms with Crippen LogP contribution in [0.3, 0.4) is 0 Å². The van der Waals surface area contributed by atoms with Crippen molar-refractivity contribution < 1.29 is 9.59 Å². The van der Waals surface area contributed by atoms with E-state index in [1.807, 2.05) is 11.9 Å². The lowest BCUT2D eigenvalue weighted by Gasteiger charge is -2.23. The topological polar surface area (TPSA) is 61.4 Å². The third-order valence-electron chi connectivity index (χ3n) is 3.37. The number of hydrogen-bond donors (Lipinski definition) is 2. The summed E-state index contributed by atoms with van der Waals surface area (Å²) >= 11 is 0. The minimum Gasteiger partial charge on any atom is -0.341 e. The Kier molecular flexibility index (Phi) is 6.18. The zero-order valence-electron chi connectivity index (χ0n) is 12.6. The molecule has 1 aromatic rings. The van der Waals surface area contributed by atoms with Crippen LogP contribution in [0, 0.1) is 0 Å². The summed E-state index contributed by atoms with van der Waals surface area (Å²) in [6, 6.07) is 7.47. The first kappa shape index (κ1) is 16.2. The average Bonchev–Trinajstić information content (AvgIpc) is 2.46. The average molecular weight is 277 g/mol. The van der Waals surface area contributed by atoms with Crippen LogP contribution in [0.15, 0.2) is 24.3 Å². The third-order valence-corrected chi connectivity index (χ3v) is 3.37. The molecule has 0 radical (unpaired) electrons. The third kappa shape index (κ3) is 4.66. The summed E-state index contributed by atoms with van der Waals surface area (Å²) in [5.41, 5.74) is 2.44. The van der Waals surface area contributed by atoms with E-state index in [1.54, 1.807) is 6.92 Å². The number of nitrogens with zero attached hydrogens (tertiary/aromatic N) is 1. The number of likely N-dealkylation sites (N-methyl/N-ethyl adjacent to an activating group) is 1. The fourth-order valence-corrected chi connectivity index (χ4v) is 1.78. The van der Waals surface area contributed by atoms with Gasteiger partial charge in [0.2, 0.25) is 5.91 Å². The highest BCUT2D eigenvalue weighted by molar-refractivity contribution is 5.96. The fraction of sp³-hybridized carbons (Fsp3) is 0.467. The Balaban J connectivity index is 2.57. The number of aryl methyl sites for hydroxylation is 1. The van der Waals surface area contributed by atoms with Crippen LogP contribution in [0.2, 0.25) is 0 Å². The van der Waals surface area contributed by atoms with Gasteiger partial charge in [0.05, 0.1) is 6.04 Å².